The third-order valence-electron chi connectivity index (χ3n) is 1.93. The van der Waals surface area contributed by atoms with Gasteiger partial charge in [-0.25, -0.2) is 0 Å². The molecule has 1 saturated carbocycles. The van der Waals surface area contributed by atoms with Crippen LogP contribution in [0.15, 0.2) is 0 Å². The smallest absolute Gasteiger partial charge is 0.131 e. The van der Waals surface area contributed by atoms with Crippen molar-refractivity contribution < 1.29 is 0 Å². The maximum absolute atomic E-state index is 4.09. The normalized spacial score (nSPS) is 16.8. The third-order valence-corrected chi connectivity index (χ3v) is 3.00. The van der Waals surface area contributed by atoms with Crippen LogP contribution in [0.3, 0.4) is 0 Å². The van der Waals surface area contributed by atoms with Gasteiger partial charge in [0.25, 0.3) is 0 Å². The van der Waals surface area contributed by atoms with Crippen molar-refractivity contribution in [1.29, 1.82) is 0 Å². The van der Waals surface area contributed by atoms with Gasteiger partial charge in [0.1, 0.15) is 10.0 Å². The second-order valence-electron chi connectivity index (χ2n) is 3.10. The first-order valence-electron chi connectivity index (χ1n) is 4.43. The fraction of sp³-hybridized carbons (Fsp3) is 0.750. The first-order valence-corrected chi connectivity index (χ1v) is 5.24. The lowest BCUT2D eigenvalue weighted by molar-refractivity contribution is 0.678. The van der Waals surface area contributed by atoms with Crippen molar-refractivity contribution in [3.63, 3.8) is 0 Å². The minimum absolute atomic E-state index is 0.763. The summed E-state index contributed by atoms with van der Waals surface area (Å²) in [6.07, 6.45) is 3.67. The van der Waals surface area contributed by atoms with E-state index in [1.807, 2.05) is 0 Å². The molecule has 0 unspecified atom stereocenters. The van der Waals surface area contributed by atoms with E-state index < -0.39 is 0 Å². The summed E-state index contributed by atoms with van der Waals surface area (Å²) in [6.45, 7) is 3.01. The van der Waals surface area contributed by atoms with Crippen LogP contribution in [-0.4, -0.2) is 16.2 Å². The van der Waals surface area contributed by atoms with Crippen LogP contribution in [0.1, 0.15) is 29.8 Å². The van der Waals surface area contributed by atoms with Crippen molar-refractivity contribution in [3.8, 4) is 0 Å². The largest absolute Gasteiger partial charge is 0.308 e. The Morgan fingerprint density at radius 1 is 1.42 bits per heavy atom. The van der Waals surface area contributed by atoms with Gasteiger partial charge in [-0.2, -0.15) is 0 Å². The monoisotopic (exact) mass is 183 g/mol. The molecule has 1 heterocycles. The topological polar surface area (TPSA) is 37.8 Å². The summed E-state index contributed by atoms with van der Waals surface area (Å²) in [4.78, 5) is 0. The van der Waals surface area contributed by atoms with Crippen LogP contribution >= 0.6 is 11.3 Å². The molecule has 0 atom stereocenters. The molecule has 4 heteroatoms. The minimum atomic E-state index is 0.763. The second kappa shape index (κ2) is 3.49. The Kier molecular flexibility index (Phi) is 2.37. The maximum atomic E-state index is 4.09. The van der Waals surface area contributed by atoms with Crippen LogP contribution in [0.2, 0.25) is 0 Å². The van der Waals surface area contributed by atoms with E-state index in [1.165, 1.54) is 12.8 Å². The highest BCUT2D eigenvalue weighted by Gasteiger charge is 2.20. The van der Waals surface area contributed by atoms with Crippen LogP contribution in [0.25, 0.3) is 0 Å². The standard InChI is InChI=1S/C8H13N3S/c1-2-7-10-11-8(12-7)5-9-6-3-4-6/h6,9H,2-5H2,1H3. The Morgan fingerprint density at radius 2 is 2.17 bits per heavy atom. The molecule has 0 radical (unpaired) electrons. The Labute approximate surface area is 76.2 Å². The molecule has 0 amide bonds. The van der Waals surface area contributed by atoms with E-state index in [0.717, 1.165) is 29.0 Å². The highest BCUT2D eigenvalue weighted by Crippen LogP contribution is 2.19. The molecule has 0 spiro atoms. The fourth-order valence-corrected chi connectivity index (χ4v) is 1.76. The summed E-state index contributed by atoms with van der Waals surface area (Å²) in [5, 5.41) is 13.8. The molecule has 0 saturated heterocycles. The molecule has 0 bridgehead atoms. The molecular weight excluding hydrogens is 170 g/mol. The molecule has 1 aliphatic carbocycles. The predicted molar refractivity (Wildman–Crippen MR) is 49.1 cm³/mol. The highest BCUT2D eigenvalue weighted by atomic mass is 32.1. The van der Waals surface area contributed by atoms with Crippen molar-refractivity contribution in [2.45, 2.75) is 38.8 Å². The summed E-state index contributed by atoms with van der Waals surface area (Å²) >= 11 is 1.72. The SMILES string of the molecule is CCc1nnc(CNC2CC2)s1. The van der Waals surface area contributed by atoms with Crippen LogP contribution in [0.5, 0.6) is 0 Å². The highest BCUT2D eigenvalue weighted by molar-refractivity contribution is 7.11. The molecule has 2 rings (SSSR count). The Bertz CT molecular complexity index is 255. The van der Waals surface area contributed by atoms with Gasteiger partial charge >= 0.3 is 0 Å². The maximum Gasteiger partial charge on any atom is 0.131 e. The van der Waals surface area contributed by atoms with Gasteiger partial charge in [-0.3, -0.25) is 0 Å². The number of hydrogen-bond donors (Lipinski definition) is 1. The Balaban J connectivity index is 1.84. The summed E-state index contributed by atoms with van der Waals surface area (Å²) in [5.74, 6) is 0. The van der Waals surface area contributed by atoms with E-state index in [9.17, 15) is 0 Å². The average molecular weight is 183 g/mol. The van der Waals surface area contributed by atoms with E-state index >= 15 is 0 Å². The molecule has 3 nitrogen and oxygen atoms in total. The summed E-state index contributed by atoms with van der Waals surface area (Å²) in [6, 6.07) is 0.763. The lowest BCUT2D eigenvalue weighted by atomic mass is 10.5. The Morgan fingerprint density at radius 3 is 2.75 bits per heavy atom. The van der Waals surface area contributed by atoms with Gasteiger partial charge in [-0.15, -0.1) is 21.5 Å². The van der Waals surface area contributed by atoms with E-state index in [4.69, 9.17) is 0 Å². The van der Waals surface area contributed by atoms with Crippen molar-refractivity contribution >= 4 is 11.3 Å². The molecule has 66 valence electrons. The van der Waals surface area contributed by atoms with Gasteiger partial charge in [-0.1, -0.05) is 6.92 Å². The number of nitrogens with one attached hydrogen (secondary N) is 1. The quantitative estimate of drug-likeness (QED) is 0.765. The summed E-state index contributed by atoms with van der Waals surface area (Å²) in [7, 11) is 0. The molecule has 0 aliphatic heterocycles. The van der Waals surface area contributed by atoms with E-state index in [2.05, 4.69) is 22.4 Å². The fourth-order valence-electron chi connectivity index (χ4n) is 1.02. The van der Waals surface area contributed by atoms with Gasteiger partial charge in [0.2, 0.25) is 0 Å². The van der Waals surface area contributed by atoms with Gasteiger partial charge in [-0.05, 0) is 19.3 Å². The lowest BCUT2D eigenvalue weighted by Crippen LogP contribution is -2.14. The zero-order chi connectivity index (χ0) is 8.39. The predicted octanol–water partition coefficient (Wildman–Crippen LogP) is 1.35. The van der Waals surface area contributed by atoms with Gasteiger partial charge in [0, 0.05) is 12.6 Å². The first-order chi connectivity index (χ1) is 5.88. The molecule has 1 N–H and O–H groups in total. The molecule has 1 aromatic heterocycles. The number of hydrogen-bond acceptors (Lipinski definition) is 4. The minimum Gasteiger partial charge on any atom is -0.308 e. The lowest BCUT2D eigenvalue weighted by Gasteiger charge is -1.95. The van der Waals surface area contributed by atoms with Crippen molar-refractivity contribution in [2.75, 3.05) is 0 Å². The number of aromatic nitrogens is 2. The zero-order valence-corrected chi connectivity index (χ0v) is 8.02. The van der Waals surface area contributed by atoms with Gasteiger partial charge < -0.3 is 5.32 Å². The molecule has 0 aromatic carbocycles. The van der Waals surface area contributed by atoms with E-state index in [-0.39, 0.29) is 0 Å². The second-order valence-corrected chi connectivity index (χ2v) is 4.24. The first kappa shape index (κ1) is 8.13. The van der Waals surface area contributed by atoms with Crippen molar-refractivity contribution in [2.24, 2.45) is 0 Å². The van der Waals surface area contributed by atoms with Crippen LogP contribution < -0.4 is 5.32 Å². The molecule has 12 heavy (non-hydrogen) atoms. The molecule has 1 aliphatic rings. The van der Waals surface area contributed by atoms with Crippen molar-refractivity contribution in [3.05, 3.63) is 10.0 Å². The Hall–Kier alpha value is -0.480. The van der Waals surface area contributed by atoms with Gasteiger partial charge in [0.15, 0.2) is 0 Å². The summed E-state index contributed by atoms with van der Waals surface area (Å²) < 4.78 is 0. The average Bonchev–Trinajstić information content (AvgIpc) is 2.81. The van der Waals surface area contributed by atoms with Crippen LogP contribution in [0.4, 0.5) is 0 Å². The number of rotatable bonds is 4. The molecule has 1 fully saturated rings. The molecular formula is C8H13N3S. The zero-order valence-electron chi connectivity index (χ0n) is 7.21. The number of nitrogens with zero attached hydrogens (tertiary/aromatic N) is 2. The molecule has 1 aromatic rings. The van der Waals surface area contributed by atoms with E-state index in [1.54, 1.807) is 11.3 Å². The summed E-state index contributed by atoms with van der Waals surface area (Å²) in [5.41, 5.74) is 0. The van der Waals surface area contributed by atoms with Crippen LogP contribution in [-0.2, 0) is 13.0 Å². The number of aryl methyl sites for hydroxylation is 1. The van der Waals surface area contributed by atoms with E-state index in [0.29, 0.717) is 0 Å². The van der Waals surface area contributed by atoms with Crippen LogP contribution in [0, 0.1) is 0 Å². The third kappa shape index (κ3) is 2.01. The van der Waals surface area contributed by atoms with Gasteiger partial charge in [0.05, 0.1) is 0 Å². The van der Waals surface area contributed by atoms with Crippen molar-refractivity contribution in [1.82, 2.24) is 15.5 Å².